The first kappa shape index (κ1) is 16.5. The minimum atomic E-state index is -3.70. The molecule has 7 nitrogen and oxygen atoms in total. The quantitative estimate of drug-likeness (QED) is 0.784. The molecule has 1 aromatic heterocycles. The van der Waals surface area contributed by atoms with Crippen LogP contribution in [0.4, 0.5) is 0 Å². The maximum Gasteiger partial charge on any atom is 0.247 e. The van der Waals surface area contributed by atoms with Crippen LogP contribution in [0.3, 0.4) is 0 Å². The Morgan fingerprint density at radius 3 is 2.84 bits per heavy atom. The molecule has 4 rings (SSSR count). The second kappa shape index (κ2) is 6.42. The van der Waals surface area contributed by atoms with Crippen molar-refractivity contribution in [2.24, 2.45) is 0 Å². The van der Waals surface area contributed by atoms with Crippen molar-refractivity contribution in [1.82, 2.24) is 14.4 Å². The van der Waals surface area contributed by atoms with Gasteiger partial charge in [-0.2, -0.15) is 9.29 Å². The summed E-state index contributed by atoms with van der Waals surface area (Å²) >= 11 is 0. The van der Waals surface area contributed by atoms with Crippen LogP contribution in [0.5, 0.6) is 5.75 Å². The molecule has 2 aromatic rings. The van der Waals surface area contributed by atoms with Crippen LogP contribution in [-0.2, 0) is 10.0 Å². The van der Waals surface area contributed by atoms with E-state index in [0.717, 1.165) is 19.3 Å². The number of ether oxygens (including phenoxy) is 1. The van der Waals surface area contributed by atoms with E-state index in [1.165, 1.54) is 4.31 Å². The van der Waals surface area contributed by atoms with Gasteiger partial charge in [0.25, 0.3) is 0 Å². The van der Waals surface area contributed by atoms with Gasteiger partial charge in [-0.25, -0.2) is 8.42 Å². The Bertz CT molecular complexity index is 860. The van der Waals surface area contributed by atoms with Gasteiger partial charge in [0, 0.05) is 12.5 Å². The van der Waals surface area contributed by atoms with Gasteiger partial charge < -0.3 is 9.26 Å². The number of benzene rings is 1. The van der Waals surface area contributed by atoms with Crippen LogP contribution in [0.2, 0.25) is 0 Å². The molecule has 134 valence electrons. The number of aromatic nitrogens is 2. The SMILES string of the molecule is CCOc1ccccc1S(=O)(=O)N1CCCC1c1nc(C2CC2)no1. The molecule has 2 heterocycles. The third-order valence-corrected chi connectivity index (χ3v) is 6.57. The zero-order valence-electron chi connectivity index (χ0n) is 14.1. The first-order chi connectivity index (χ1) is 12.1. The minimum Gasteiger partial charge on any atom is -0.492 e. The summed E-state index contributed by atoms with van der Waals surface area (Å²) in [4.78, 5) is 4.64. The molecule has 1 aliphatic carbocycles. The molecule has 0 N–H and O–H groups in total. The molecule has 1 saturated heterocycles. The highest BCUT2D eigenvalue weighted by atomic mass is 32.2. The van der Waals surface area contributed by atoms with Crippen LogP contribution in [0.25, 0.3) is 0 Å². The van der Waals surface area contributed by atoms with Crippen molar-refractivity contribution in [1.29, 1.82) is 0 Å². The van der Waals surface area contributed by atoms with Gasteiger partial charge in [-0.15, -0.1) is 0 Å². The molecule has 0 amide bonds. The second-order valence-electron chi connectivity index (χ2n) is 6.42. The van der Waals surface area contributed by atoms with Crippen molar-refractivity contribution >= 4 is 10.0 Å². The lowest BCUT2D eigenvalue weighted by Gasteiger charge is -2.22. The van der Waals surface area contributed by atoms with Crippen molar-refractivity contribution in [2.75, 3.05) is 13.2 Å². The van der Waals surface area contributed by atoms with E-state index >= 15 is 0 Å². The average molecular weight is 363 g/mol. The summed E-state index contributed by atoms with van der Waals surface area (Å²) in [6, 6.07) is 6.34. The van der Waals surface area contributed by atoms with Gasteiger partial charge in [-0.3, -0.25) is 0 Å². The third-order valence-electron chi connectivity index (χ3n) is 4.62. The topological polar surface area (TPSA) is 85.5 Å². The molecule has 1 aromatic carbocycles. The molecule has 25 heavy (non-hydrogen) atoms. The normalized spacial score (nSPS) is 21.6. The fraction of sp³-hybridized carbons (Fsp3) is 0.529. The molecule has 0 bridgehead atoms. The molecular formula is C17H21N3O4S. The van der Waals surface area contributed by atoms with E-state index in [-0.39, 0.29) is 4.90 Å². The van der Waals surface area contributed by atoms with Crippen LogP contribution < -0.4 is 4.74 Å². The lowest BCUT2D eigenvalue weighted by molar-refractivity contribution is 0.287. The van der Waals surface area contributed by atoms with Gasteiger partial charge >= 0.3 is 0 Å². The van der Waals surface area contributed by atoms with Gasteiger partial charge in [0.15, 0.2) is 5.82 Å². The first-order valence-corrected chi connectivity index (χ1v) is 10.1. The predicted octanol–water partition coefficient (Wildman–Crippen LogP) is 2.87. The van der Waals surface area contributed by atoms with Crippen molar-refractivity contribution in [3.8, 4) is 5.75 Å². The van der Waals surface area contributed by atoms with Crippen molar-refractivity contribution < 1.29 is 17.7 Å². The number of sulfonamides is 1. The molecule has 1 saturated carbocycles. The van der Waals surface area contributed by atoms with E-state index in [1.54, 1.807) is 24.3 Å². The van der Waals surface area contributed by atoms with E-state index in [9.17, 15) is 8.42 Å². The van der Waals surface area contributed by atoms with Crippen LogP contribution >= 0.6 is 0 Å². The third kappa shape index (κ3) is 3.04. The Morgan fingerprint density at radius 1 is 1.28 bits per heavy atom. The van der Waals surface area contributed by atoms with E-state index in [0.29, 0.717) is 43.0 Å². The zero-order chi connectivity index (χ0) is 17.4. The standard InChI is InChI=1S/C17H21N3O4S/c1-2-23-14-7-3-4-8-15(14)25(21,22)20-11-5-6-13(20)17-18-16(19-24-17)12-9-10-12/h3-4,7-8,12-13H,2,5-6,9-11H2,1H3. The van der Waals surface area contributed by atoms with Crippen molar-refractivity contribution in [3.05, 3.63) is 36.0 Å². The summed E-state index contributed by atoms with van der Waals surface area (Å²) in [5.74, 6) is 1.85. The second-order valence-corrected chi connectivity index (χ2v) is 8.28. The highest BCUT2D eigenvalue weighted by Crippen LogP contribution is 2.41. The smallest absolute Gasteiger partial charge is 0.247 e. The van der Waals surface area contributed by atoms with Crippen molar-refractivity contribution in [2.45, 2.75) is 49.5 Å². The van der Waals surface area contributed by atoms with Gasteiger partial charge in [0.2, 0.25) is 15.9 Å². The largest absolute Gasteiger partial charge is 0.492 e. The number of rotatable bonds is 6. The Kier molecular flexibility index (Phi) is 4.24. The van der Waals surface area contributed by atoms with Gasteiger partial charge in [0.1, 0.15) is 16.7 Å². The highest BCUT2D eigenvalue weighted by molar-refractivity contribution is 7.89. The number of nitrogens with zero attached hydrogens (tertiary/aromatic N) is 3. The number of hydrogen-bond acceptors (Lipinski definition) is 6. The summed E-state index contributed by atoms with van der Waals surface area (Å²) in [6.07, 6.45) is 3.60. The molecule has 8 heteroatoms. The molecular weight excluding hydrogens is 342 g/mol. The fourth-order valence-corrected chi connectivity index (χ4v) is 5.01. The molecule has 2 aliphatic rings. The maximum atomic E-state index is 13.2. The molecule has 1 aliphatic heterocycles. The first-order valence-electron chi connectivity index (χ1n) is 8.68. The maximum absolute atomic E-state index is 13.2. The predicted molar refractivity (Wildman–Crippen MR) is 89.8 cm³/mol. The number of para-hydroxylation sites is 1. The molecule has 0 spiro atoms. The van der Waals surface area contributed by atoms with Crippen LogP contribution in [0.15, 0.2) is 33.7 Å². The Morgan fingerprint density at radius 2 is 2.08 bits per heavy atom. The fourth-order valence-electron chi connectivity index (χ4n) is 3.23. The zero-order valence-corrected chi connectivity index (χ0v) is 14.9. The van der Waals surface area contributed by atoms with E-state index in [4.69, 9.17) is 9.26 Å². The Hall–Kier alpha value is -1.93. The molecule has 1 atom stereocenters. The lowest BCUT2D eigenvalue weighted by atomic mass is 10.2. The molecule has 1 unspecified atom stereocenters. The summed E-state index contributed by atoms with van der Waals surface area (Å²) in [5, 5.41) is 4.03. The van der Waals surface area contributed by atoms with E-state index in [2.05, 4.69) is 10.1 Å². The lowest BCUT2D eigenvalue weighted by Crippen LogP contribution is -2.31. The summed E-state index contributed by atoms with van der Waals surface area (Å²) < 4.78 is 38.8. The Balaban J connectivity index is 1.66. The van der Waals surface area contributed by atoms with Gasteiger partial charge in [0.05, 0.1) is 6.61 Å². The average Bonchev–Trinajstić information content (AvgIpc) is 3.13. The Labute approximate surface area is 147 Å². The highest BCUT2D eigenvalue weighted by Gasteiger charge is 2.41. The van der Waals surface area contributed by atoms with E-state index < -0.39 is 16.1 Å². The van der Waals surface area contributed by atoms with Crippen molar-refractivity contribution in [3.63, 3.8) is 0 Å². The van der Waals surface area contributed by atoms with Gasteiger partial charge in [-0.1, -0.05) is 17.3 Å². The monoisotopic (exact) mass is 363 g/mol. The molecule has 2 fully saturated rings. The summed E-state index contributed by atoms with van der Waals surface area (Å²) in [6.45, 7) is 2.68. The van der Waals surface area contributed by atoms with Crippen LogP contribution in [0.1, 0.15) is 56.3 Å². The number of hydrogen-bond donors (Lipinski definition) is 0. The van der Waals surface area contributed by atoms with Crippen LogP contribution in [-0.4, -0.2) is 36.0 Å². The van der Waals surface area contributed by atoms with Gasteiger partial charge in [-0.05, 0) is 44.7 Å². The summed E-state index contributed by atoms with van der Waals surface area (Å²) in [7, 11) is -3.70. The van der Waals surface area contributed by atoms with E-state index in [1.807, 2.05) is 6.92 Å². The summed E-state index contributed by atoms with van der Waals surface area (Å²) in [5.41, 5.74) is 0. The van der Waals surface area contributed by atoms with Crippen LogP contribution in [0, 0.1) is 0 Å². The minimum absolute atomic E-state index is 0.186. The molecule has 0 radical (unpaired) electrons.